The zero-order valence-corrected chi connectivity index (χ0v) is 7.18. The Hall–Kier alpha value is -0.170. The van der Waals surface area contributed by atoms with Gasteiger partial charge in [-0.2, -0.15) is 0 Å². The van der Waals surface area contributed by atoms with Gasteiger partial charge in [-0.15, -0.1) is 0 Å². The highest BCUT2D eigenvalue weighted by Gasteiger charge is 1.88. The maximum absolute atomic E-state index is 9.86. The van der Waals surface area contributed by atoms with Crippen molar-refractivity contribution in [3.8, 4) is 0 Å². The topological polar surface area (TPSA) is 81.4 Å². The lowest BCUT2D eigenvalue weighted by Crippen LogP contribution is -2.24. The summed E-state index contributed by atoms with van der Waals surface area (Å²) in [6.45, 7) is 2.33. The molecule has 68 valence electrons. The smallest absolute Gasteiger partial charge is 0.257 e. The van der Waals surface area contributed by atoms with Gasteiger partial charge in [0.2, 0.25) is 0 Å². The fourth-order valence-electron chi connectivity index (χ4n) is 0.563. The molecule has 6 heteroatoms. The van der Waals surface area contributed by atoms with Crippen molar-refractivity contribution in [2.24, 2.45) is 5.73 Å². The largest absolute Gasteiger partial charge is 0.329 e. The number of rotatable bonds is 7. The van der Waals surface area contributed by atoms with Crippen LogP contribution in [-0.4, -0.2) is 34.7 Å². The van der Waals surface area contributed by atoms with Crippen molar-refractivity contribution >= 4 is 11.0 Å². The van der Waals surface area contributed by atoms with Gasteiger partial charge in [-0.25, -0.2) is 8.42 Å². The third-order valence-electron chi connectivity index (χ3n) is 1.02. The van der Waals surface area contributed by atoms with Crippen LogP contribution in [0.5, 0.6) is 0 Å². The van der Waals surface area contributed by atoms with E-state index >= 15 is 0 Å². The van der Waals surface area contributed by atoms with E-state index in [1.807, 2.05) is 0 Å². The highest BCUT2D eigenvalue weighted by molar-refractivity contribution is 7.67. The van der Waals surface area contributed by atoms with Gasteiger partial charge in [-0.3, -0.25) is 4.18 Å². The van der Waals surface area contributed by atoms with Crippen LogP contribution < -0.4 is 11.1 Å². The van der Waals surface area contributed by atoms with E-state index in [2.05, 4.69) is 9.50 Å². The summed E-state index contributed by atoms with van der Waals surface area (Å²) in [6, 6.07) is 0. The molecule has 0 heterocycles. The van der Waals surface area contributed by atoms with Crippen LogP contribution in [0.15, 0.2) is 0 Å². The Morgan fingerprint density at radius 1 is 1.36 bits per heavy atom. The predicted molar refractivity (Wildman–Crippen MR) is 42.8 cm³/mol. The molecule has 0 aliphatic rings. The molecule has 0 saturated carbocycles. The van der Waals surface area contributed by atoms with Crippen molar-refractivity contribution in [1.82, 2.24) is 5.32 Å². The van der Waals surface area contributed by atoms with Gasteiger partial charge in [0, 0.05) is 13.1 Å². The summed E-state index contributed by atoms with van der Waals surface area (Å²) in [5, 5.41) is 3.01. The van der Waals surface area contributed by atoms with E-state index in [1.54, 1.807) is 0 Å². The van der Waals surface area contributed by atoms with Crippen molar-refractivity contribution in [3.63, 3.8) is 0 Å². The van der Waals surface area contributed by atoms with Gasteiger partial charge in [-0.05, 0) is 13.0 Å². The number of hydrogen-bond donors (Lipinski definition) is 3. The van der Waals surface area contributed by atoms with Gasteiger partial charge in [0.05, 0.1) is 6.61 Å². The quantitative estimate of drug-likeness (QED) is 0.329. The van der Waals surface area contributed by atoms with Crippen LogP contribution >= 0.6 is 0 Å². The van der Waals surface area contributed by atoms with Crippen molar-refractivity contribution in [2.75, 3.05) is 26.2 Å². The molecule has 0 spiro atoms. The lowest BCUT2D eigenvalue weighted by Gasteiger charge is -1.99. The maximum Gasteiger partial charge on any atom is 0.257 e. The lowest BCUT2D eigenvalue weighted by molar-refractivity contribution is 0.324. The van der Waals surface area contributed by atoms with Gasteiger partial charge >= 0.3 is 0 Å². The van der Waals surface area contributed by atoms with Crippen LogP contribution in [0.2, 0.25) is 0 Å². The van der Waals surface area contributed by atoms with Crippen LogP contribution in [0.25, 0.3) is 0 Å². The second-order valence-electron chi connectivity index (χ2n) is 1.95. The van der Waals surface area contributed by atoms with E-state index in [0.29, 0.717) is 13.0 Å². The SMILES string of the molecule is NCCNCCCO[SH](=O)=O. The normalized spacial score (nSPS) is 10.7. The Kier molecular flexibility index (Phi) is 7.81. The van der Waals surface area contributed by atoms with E-state index in [9.17, 15) is 8.42 Å². The Labute approximate surface area is 68.1 Å². The van der Waals surface area contributed by atoms with E-state index < -0.39 is 11.0 Å². The third-order valence-corrected chi connectivity index (χ3v) is 1.41. The molecule has 3 N–H and O–H groups in total. The van der Waals surface area contributed by atoms with Crippen LogP contribution in [-0.2, 0) is 15.2 Å². The predicted octanol–water partition coefficient (Wildman–Crippen LogP) is -1.53. The molecule has 0 bridgehead atoms. The minimum absolute atomic E-state index is 0.246. The first-order valence-corrected chi connectivity index (χ1v) is 4.55. The first kappa shape index (κ1) is 10.8. The van der Waals surface area contributed by atoms with E-state index in [0.717, 1.165) is 13.1 Å². The lowest BCUT2D eigenvalue weighted by atomic mass is 10.4. The molecule has 0 unspecified atom stereocenters. The number of nitrogens with two attached hydrogens (primary N) is 1. The molecule has 0 aromatic heterocycles. The minimum Gasteiger partial charge on any atom is -0.329 e. The van der Waals surface area contributed by atoms with Crippen molar-refractivity contribution < 1.29 is 12.6 Å². The van der Waals surface area contributed by atoms with Crippen LogP contribution in [0.4, 0.5) is 0 Å². The highest BCUT2D eigenvalue weighted by atomic mass is 32.2. The summed E-state index contributed by atoms with van der Waals surface area (Å²) in [5.41, 5.74) is 5.20. The summed E-state index contributed by atoms with van der Waals surface area (Å²) in [6.07, 6.45) is 0.684. The molecule has 5 nitrogen and oxygen atoms in total. The first-order chi connectivity index (χ1) is 5.27. The van der Waals surface area contributed by atoms with Crippen molar-refractivity contribution in [1.29, 1.82) is 0 Å². The maximum atomic E-state index is 9.86. The van der Waals surface area contributed by atoms with Crippen LogP contribution in [0.1, 0.15) is 6.42 Å². The molecule has 0 aromatic rings. The molecular formula is C5H14N2O3S. The van der Waals surface area contributed by atoms with E-state index in [1.165, 1.54) is 0 Å². The Balaban J connectivity index is 2.90. The van der Waals surface area contributed by atoms with Crippen molar-refractivity contribution in [3.05, 3.63) is 0 Å². The molecule has 0 atom stereocenters. The monoisotopic (exact) mass is 182 g/mol. The van der Waals surface area contributed by atoms with Gasteiger partial charge in [0.25, 0.3) is 11.0 Å². The molecule has 0 aliphatic heterocycles. The minimum atomic E-state index is -2.68. The van der Waals surface area contributed by atoms with Crippen LogP contribution in [0.3, 0.4) is 0 Å². The summed E-state index contributed by atoms with van der Waals surface area (Å²) >= 11 is 0. The first-order valence-electron chi connectivity index (χ1n) is 3.45. The Morgan fingerprint density at radius 3 is 2.64 bits per heavy atom. The standard InChI is InChI=1S/C5H14N2O3S/c6-2-4-7-3-1-5-10-11(8)9/h7,11H,1-6H2. The number of thiol groups is 1. The fraction of sp³-hybridized carbons (Fsp3) is 1.00. The van der Waals surface area contributed by atoms with Gasteiger partial charge in [-0.1, -0.05) is 0 Å². The summed E-state index contributed by atoms with van der Waals surface area (Å²) in [5.74, 6) is 0. The average Bonchev–Trinajstić information content (AvgIpc) is 1.96. The van der Waals surface area contributed by atoms with E-state index in [-0.39, 0.29) is 6.61 Å². The molecule has 0 amide bonds. The average molecular weight is 182 g/mol. The molecule has 0 saturated heterocycles. The van der Waals surface area contributed by atoms with Crippen LogP contribution in [0, 0.1) is 0 Å². The molecule has 0 aliphatic carbocycles. The summed E-state index contributed by atoms with van der Waals surface area (Å²) in [7, 11) is -2.68. The van der Waals surface area contributed by atoms with Crippen molar-refractivity contribution in [2.45, 2.75) is 6.42 Å². The second kappa shape index (κ2) is 7.93. The number of hydrogen-bond acceptors (Lipinski definition) is 5. The zero-order chi connectivity index (χ0) is 8.53. The van der Waals surface area contributed by atoms with Gasteiger partial charge < -0.3 is 11.1 Å². The Morgan fingerprint density at radius 2 is 2.09 bits per heavy atom. The molecule has 0 rings (SSSR count). The Bertz CT molecular complexity index is 141. The van der Waals surface area contributed by atoms with Gasteiger partial charge in [0.1, 0.15) is 0 Å². The molecule has 0 aromatic carbocycles. The van der Waals surface area contributed by atoms with Gasteiger partial charge in [0.15, 0.2) is 0 Å². The fourth-order valence-corrected chi connectivity index (χ4v) is 0.841. The summed E-state index contributed by atoms with van der Waals surface area (Å²) < 4.78 is 24.0. The molecule has 0 fully saturated rings. The molecular weight excluding hydrogens is 168 g/mol. The number of nitrogens with one attached hydrogen (secondary N) is 1. The van der Waals surface area contributed by atoms with E-state index in [4.69, 9.17) is 5.73 Å². The third kappa shape index (κ3) is 9.83. The second-order valence-corrected chi connectivity index (χ2v) is 2.65. The summed E-state index contributed by atoms with van der Waals surface area (Å²) in [4.78, 5) is 0. The zero-order valence-electron chi connectivity index (χ0n) is 6.28. The highest BCUT2D eigenvalue weighted by Crippen LogP contribution is 1.79. The molecule has 0 radical (unpaired) electrons. The molecule has 11 heavy (non-hydrogen) atoms.